The van der Waals surface area contributed by atoms with Crippen molar-refractivity contribution < 1.29 is 14.3 Å². The molecular formula is C18H17ClN2O3. The molecular weight excluding hydrogens is 328 g/mol. The molecule has 0 saturated heterocycles. The number of rotatable bonds is 3. The second-order valence-corrected chi connectivity index (χ2v) is 6.46. The largest absolute Gasteiger partial charge is 0.486 e. The molecule has 2 amide bonds. The summed E-state index contributed by atoms with van der Waals surface area (Å²) in [6, 6.07) is 12.6. The average molecular weight is 345 g/mol. The van der Waals surface area contributed by atoms with E-state index in [1.165, 1.54) is 0 Å². The molecule has 0 unspecified atom stereocenters. The van der Waals surface area contributed by atoms with Gasteiger partial charge in [0.05, 0.1) is 5.54 Å². The van der Waals surface area contributed by atoms with Gasteiger partial charge < -0.3 is 20.1 Å². The van der Waals surface area contributed by atoms with Gasteiger partial charge in [0.2, 0.25) is 0 Å². The van der Waals surface area contributed by atoms with E-state index in [1.807, 2.05) is 18.2 Å². The Morgan fingerprint density at radius 2 is 1.71 bits per heavy atom. The summed E-state index contributed by atoms with van der Waals surface area (Å²) in [6.07, 6.45) is 1.81. The van der Waals surface area contributed by atoms with Crippen molar-refractivity contribution in [2.45, 2.75) is 18.4 Å². The lowest BCUT2D eigenvalue weighted by atomic mass is 10.0. The van der Waals surface area contributed by atoms with Gasteiger partial charge in [-0.3, -0.25) is 0 Å². The molecule has 2 aliphatic rings. The Hall–Kier alpha value is -2.40. The summed E-state index contributed by atoms with van der Waals surface area (Å²) in [5.74, 6) is 1.50. The number of hydrogen-bond acceptors (Lipinski definition) is 3. The van der Waals surface area contributed by atoms with E-state index in [9.17, 15) is 4.79 Å². The highest BCUT2D eigenvalue weighted by molar-refractivity contribution is 6.30. The number of carbonyl (C=O) groups excluding carboxylic acids is 1. The van der Waals surface area contributed by atoms with Gasteiger partial charge in [-0.05, 0) is 54.8 Å². The predicted octanol–water partition coefficient (Wildman–Crippen LogP) is 3.92. The van der Waals surface area contributed by atoms with Crippen LogP contribution < -0.4 is 20.1 Å². The smallest absolute Gasteiger partial charge is 0.319 e. The quantitative estimate of drug-likeness (QED) is 0.887. The van der Waals surface area contributed by atoms with Crippen molar-refractivity contribution >= 4 is 23.3 Å². The maximum atomic E-state index is 12.3. The Kier molecular flexibility index (Phi) is 3.73. The van der Waals surface area contributed by atoms with Crippen molar-refractivity contribution in [2.75, 3.05) is 18.5 Å². The van der Waals surface area contributed by atoms with E-state index >= 15 is 0 Å². The molecule has 0 aromatic heterocycles. The molecule has 1 fully saturated rings. The Balaban J connectivity index is 1.47. The van der Waals surface area contributed by atoms with Crippen LogP contribution in [0.4, 0.5) is 10.5 Å². The van der Waals surface area contributed by atoms with Crippen LogP contribution in [0.3, 0.4) is 0 Å². The minimum absolute atomic E-state index is 0.232. The number of ether oxygens (including phenoxy) is 2. The minimum atomic E-state index is -0.327. The highest BCUT2D eigenvalue weighted by Gasteiger charge is 2.46. The zero-order valence-electron chi connectivity index (χ0n) is 13.0. The third kappa shape index (κ3) is 2.99. The van der Waals surface area contributed by atoms with E-state index in [1.54, 1.807) is 24.3 Å². The molecule has 124 valence electrons. The van der Waals surface area contributed by atoms with Gasteiger partial charge in [0.25, 0.3) is 0 Å². The molecule has 2 N–H and O–H groups in total. The summed E-state index contributed by atoms with van der Waals surface area (Å²) < 4.78 is 11.2. The van der Waals surface area contributed by atoms with Crippen molar-refractivity contribution in [1.29, 1.82) is 0 Å². The van der Waals surface area contributed by atoms with Crippen molar-refractivity contribution in [3.05, 3.63) is 53.1 Å². The fourth-order valence-corrected chi connectivity index (χ4v) is 2.99. The normalized spacial score (nSPS) is 17.0. The average Bonchev–Trinajstić information content (AvgIpc) is 3.37. The summed E-state index contributed by atoms with van der Waals surface area (Å²) in [6.45, 7) is 1.12. The number of fused-ring (bicyclic) bond motifs is 1. The zero-order valence-corrected chi connectivity index (χ0v) is 13.7. The third-order valence-electron chi connectivity index (χ3n) is 4.30. The lowest BCUT2D eigenvalue weighted by molar-refractivity contribution is 0.171. The van der Waals surface area contributed by atoms with Gasteiger partial charge in [0.1, 0.15) is 13.2 Å². The first-order valence-electron chi connectivity index (χ1n) is 7.90. The lowest BCUT2D eigenvalue weighted by Crippen LogP contribution is -2.38. The maximum absolute atomic E-state index is 12.3. The molecule has 1 aliphatic carbocycles. The molecule has 1 saturated carbocycles. The van der Waals surface area contributed by atoms with Crippen LogP contribution >= 0.6 is 11.6 Å². The highest BCUT2D eigenvalue weighted by atomic mass is 35.5. The molecule has 0 radical (unpaired) electrons. The number of halogens is 1. The van der Waals surface area contributed by atoms with Crippen molar-refractivity contribution in [1.82, 2.24) is 5.32 Å². The minimum Gasteiger partial charge on any atom is -0.486 e. The Morgan fingerprint density at radius 3 is 2.42 bits per heavy atom. The summed E-state index contributed by atoms with van der Waals surface area (Å²) in [5, 5.41) is 6.54. The Bertz CT molecular complexity index is 772. The number of carbonyl (C=O) groups is 1. The lowest BCUT2D eigenvalue weighted by Gasteiger charge is -2.23. The molecule has 0 spiro atoms. The first-order chi connectivity index (χ1) is 11.6. The van der Waals surface area contributed by atoms with Crippen LogP contribution in [0.25, 0.3) is 0 Å². The molecule has 24 heavy (non-hydrogen) atoms. The van der Waals surface area contributed by atoms with Gasteiger partial charge in [0, 0.05) is 10.7 Å². The molecule has 1 aliphatic heterocycles. The Morgan fingerprint density at radius 1 is 1.00 bits per heavy atom. The van der Waals surface area contributed by atoms with Gasteiger partial charge in [0.15, 0.2) is 11.5 Å². The SMILES string of the molecule is O=C(Nc1ccc(Cl)cc1)NC1(c2ccc3c(c2)OCCO3)CC1. The highest BCUT2D eigenvalue weighted by Crippen LogP contribution is 2.47. The van der Waals surface area contributed by atoms with E-state index in [-0.39, 0.29) is 11.6 Å². The molecule has 4 rings (SSSR count). The van der Waals surface area contributed by atoms with Crippen molar-refractivity contribution in [3.8, 4) is 11.5 Å². The second kappa shape index (κ2) is 5.91. The summed E-state index contributed by atoms with van der Waals surface area (Å²) in [7, 11) is 0. The van der Waals surface area contributed by atoms with Gasteiger partial charge >= 0.3 is 6.03 Å². The number of nitrogens with one attached hydrogen (secondary N) is 2. The van der Waals surface area contributed by atoms with E-state index in [2.05, 4.69) is 10.6 Å². The van der Waals surface area contributed by atoms with Gasteiger partial charge in [-0.15, -0.1) is 0 Å². The molecule has 2 aromatic carbocycles. The van der Waals surface area contributed by atoms with E-state index in [0.717, 1.165) is 29.9 Å². The van der Waals surface area contributed by atoms with Crippen molar-refractivity contribution in [2.24, 2.45) is 0 Å². The molecule has 1 heterocycles. The summed E-state index contributed by atoms with van der Waals surface area (Å²) in [4.78, 5) is 12.3. The number of amides is 2. The maximum Gasteiger partial charge on any atom is 0.319 e. The van der Waals surface area contributed by atoms with E-state index < -0.39 is 0 Å². The molecule has 0 bridgehead atoms. The summed E-state index contributed by atoms with van der Waals surface area (Å²) >= 11 is 5.85. The van der Waals surface area contributed by atoms with E-state index in [4.69, 9.17) is 21.1 Å². The second-order valence-electron chi connectivity index (χ2n) is 6.03. The van der Waals surface area contributed by atoms with Gasteiger partial charge in [-0.2, -0.15) is 0 Å². The number of urea groups is 1. The first kappa shape index (κ1) is 15.1. The van der Waals surface area contributed by atoms with E-state index in [0.29, 0.717) is 23.9 Å². The van der Waals surface area contributed by atoms with Crippen molar-refractivity contribution in [3.63, 3.8) is 0 Å². The molecule has 0 atom stereocenters. The molecule has 5 nitrogen and oxygen atoms in total. The monoisotopic (exact) mass is 344 g/mol. The van der Waals surface area contributed by atoms with Crippen LogP contribution in [0.5, 0.6) is 11.5 Å². The topological polar surface area (TPSA) is 59.6 Å². The van der Waals surface area contributed by atoms with Crippen LogP contribution in [0, 0.1) is 0 Å². The summed E-state index contributed by atoms with van der Waals surface area (Å²) in [5.41, 5.74) is 1.42. The van der Waals surface area contributed by atoms with Gasteiger partial charge in [-0.25, -0.2) is 4.79 Å². The third-order valence-corrected chi connectivity index (χ3v) is 4.55. The standard InChI is InChI=1S/C18H17ClN2O3/c19-13-2-4-14(5-3-13)20-17(22)21-18(7-8-18)12-1-6-15-16(11-12)24-10-9-23-15/h1-6,11H,7-10H2,(H2,20,21,22). The Labute approximate surface area is 144 Å². The predicted molar refractivity (Wildman–Crippen MR) is 92.0 cm³/mol. The zero-order chi connectivity index (χ0) is 16.6. The van der Waals surface area contributed by atoms with Crippen LogP contribution in [-0.4, -0.2) is 19.2 Å². The van der Waals surface area contributed by atoms with Gasteiger partial charge in [-0.1, -0.05) is 17.7 Å². The number of hydrogen-bond donors (Lipinski definition) is 2. The number of benzene rings is 2. The fourth-order valence-electron chi connectivity index (χ4n) is 2.86. The fraction of sp³-hybridized carbons (Fsp3) is 0.278. The van der Waals surface area contributed by atoms with Crippen LogP contribution in [0.1, 0.15) is 18.4 Å². The van der Waals surface area contributed by atoms with Crippen LogP contribution in [0.15, 0.2) is 42.5 Å². The van der Waals surface area contributed by atoms with Crippen LogP contribution in [0.2, 0.25) is 5.02 Å². The molecule has 6 heteroatoms. The molecule has 2 aromatic rings. The number of anilines is 1. The first-order valence-corrected chi connectivity index (χ1v) is 8.27. The van der Waals surface area contributed by atoms with Crippen LogP contribution in [-0.2, 0) is 5.54 Å².